The number of alkyl carbamates (subject to hydrolysis) is 1. The van der Waals surface area contributed by atoms with Crippen LogP contribution in [0.5, 0.6) is 0 Å². The van der Waals surface area contributed by atoms with Crippen LogP contribution in [0.25, 0.3) is 0 Å². The average Bonchev–Trinajstić information content (AvgIpc) is 2.09. The van der Waals surface area contributed by atoms with Gasteiger partial charge in [0.05, 0.1) is 0 Å². The summed E-state index contributed by atoms with van der Waals surface area (Å²) in [5.74, 6) is 0. The fourth-order valence-electron chi connectivity index (χ4n) is 1.13. The normalized spacial score (nSPS) is 14.7. The van der Waals surface area contributed by atoms with Crippen LogP contribution in [0.15, 0.2) is 11.5 Å². The molecule has 0 aromatic carbocycles. The third-order valence-corrected chi connectivity index (χ3v) is 3.01. The second-order valence-corrected chi connectivity index (χ2v) is 7.18. The van der Waals surface area contributed by atoms with Gasteiger partial charge in [-0.05, 0) is 47.6 Å². The second-order valence-electron chi connectivity index (χ2n) is 5.58. The summed E-state index contributed by atoms with van der Waals surface area (Å²) in [6, 6.07) is -0.623. The molecule has 0 radical (unpaired) electrons. The van der Waals surface area contributed by atoms with Crippen molar-refractivity contribution in [3.05, 3.63) is 11.5 Å². The van der Waals surface area contributed by atoms with Gasteiger partial charge in [0.1, 0.15) is 5.60 Å². The summed E-state index contributed by atoms with van der Waals surface area (Å²) in [6.45, 7) is 10.4. The molecule has 0 heterocycles. The molecule has 1 atom stereocenters. The van der Waals surface area contributed by atoms with Crippen molar-refractivity contribution in [2.45, 2.75) is 59.2 Å². The molecule has 0 saturated heterocycles. The van der Waals surface area contributed by atoms with E-state index in [-0.39, 0.29) is 6.04 Å². The van der Waals surface area contributed by atoms with Gasteiger partial charge in [-0.1, -0.05) is 0 Å². The van der Waals surface area contributed by atoms with Gasteiger partial charge in [-0.3, -0.25) is 0 Å². The standard InChI is InChI=1S/C12H24N2O4S/c1-9(2)14-19(16,17)8-7-10(3)13-11(15)18-12(4,5)6/h7-10,14H,1-6H3,(H,13,15)/b8-7+. The first-order valence-electron chi connectivity index (χ1n) is 6.11. The van der Waals surface area contributed by atoms with Gasteiger partial charge in [-0.2, -0.15) is 0 Å². The van der Waals surface area contributed by atoms with E-state index in [9.17, 15) is 13.2 Å². The van der Waals surface area contributed by atoms with E-state index in [1.807, 2.05) is 0 Å². The highest BCUT2D eigenvalue weighted by Gasteiger charge is 2.17. The highest BCUT2D eigenvalue weighted by Crippen LogP contribution is 2.06. The van der Waals surface area contributed by atoms with Crippen LogP contribution >= 0.6 is 0 Å². The lowest BCUT2D eigenvalue weighted by Crippen LogP contribution is -2.37. The average molecular weight is 292 g/mol. The Hall–Kier alpha value is -1.08. The van der Waals surface area contributed by atoms with Crippen LogP contribution in [0.3, 0.4) is 0 Å². The summed E-state index contributed by atoms with van der Waals surface area (Å²) in [5, 5.41) is 3.56. The molecule has 0 saturated carbocycles. The van der Waals surface area contributed by atoms with Crippen LogP contribution in [0.2, 0.25) is 0 Å². The maximum Gasteiger partial charge on any atom is 0.408 e. The van der Waals surface area contributed by atoms with Crippen molar-refractivity contribution in [2.24, 2.45) is 0 Å². The minimum absolute atomic E-state index is 0.177. The van der Waals surface area contributed by atoms with E-state index in [4.69, 9.17) is 4.74 Å². The predicted molar refractivity (Wildman–Crippen MR) is 75.2 cm³/mol. The molecule has 1 amide bonds. The van der Waals surface area contributed by atoms with E-state index in [1.54, 1.807) is 41.5 Å². The van der Waals surface area contributed by atoms with Crippen molar-refractivity contribution in [2.75, 3.05) is 0 Å². The molecule has 0 bridgehead atoms. The fourth-order valence-corrected chi connectivity index (χ4v) is 2.31. The van der Waals surface area contributed by atoms with Gasteiger partial charge in [0, 0.05) is 17.5 Å². The van der Waals surface area contributed by atoms with Crippen LogP contribution in [-0.4, -0.2) is 32.2 Å². The molecule has 2 N–H and O–H groups in total. The van der Waals surface area contributed by atoms with Crippen molar-refractivity contribution in [1.29, 1.82) is 0 Å². The molecule has 1 unspecified atom stereocenters. The largest absolute Gasteiger partial charge is 0.444 e. The molecule has 0 aromatic heterocycles. The third-order valence-electron chi connectivity index (χ3n) is 1.69. The zero-order chi connectivity index (χ0) is 15.3. The van der Waals surface area contributed by atoms with Gasteiger partial charge < -0.3 is 10.1 Å². The summed E-state index contributed by atoms with van der Waals surface area (Å²) in [6.07, 6.45) is 0.799. The lowest BCUT2D eigenvalue weighted by atomic mass is 10.2. The lowest BCUT2D eigenvalue weighted by molar-refractivity contribution is 0.0518. The summed E-state index contributed by atoms with van der Waals surface area (Å²) in [5.41, 5.74) is -0.585. The Morgan fingerprint density at radius 2 is 1.74 bits per heavy atom. The molecule has 0 aliphatic carbocycles. The minimum atomic E-state index is -3.47. The summed E-state index contributed by atoms with van der Waals surface area (Å²) in [7, 11) is -3.47. The number of rotatable bonds is 5. The van der Waals surface area contributed by atoms with Crippen molar-refractivity contribution < 1.29 is 17.9 Å². The number of carbonyl (C=O) groups excluding carboxylic acids is 1. The summed E-state index contributed by atoms with van der Waals surface area (Å²) in [4.78, 5) is 11.4. The number of hydrogen-bond donors (Lipinski definition) is 2. The molecule has 0 aliphatic heterocycles. The number of sulfonamides is 1. The minimum Gasteiger partial charge on any atom is -0.444 e. The Balaban J connectivity index is 4.39. The van der Waals surface area contributed by atoms with Gasteiger partial charge in [0.25, 0.3) is 0 Å². The quantitative estimate of drug-likeness (QED) is 0.808. The highest BCUT2D eigenvalue weighted by atomic mass is 32.2. The van der Waals surface area contributed by atoms with E-state index in [0.29, 0.717) is 0 Å². The number of nitrogens with one attached hydrogen (secondary N) is 2. The smallest absolute Gasteiger partial charge is 0.408 e. The molecule has 0 fully saturated rings. The van der Waals surface area contributed by atoms with E-state index < -0.39 is 27.8 Å². The first-order valence-corrected chi connectivity index (χ1v) is 7.66. The Morgan fingerprint density at radius 1 is 1.21 bits per heavy atom. The fraction of sp³-hybridized carbons (Fsp3) is 0.750. The maximum atomic E-state index is 11.5. The molecular weight excluding hydrogens is 268 g/mol. The molecule has 7 heteroatoms. The zero-order valence-electron chi connectivity index (χ0n) is 12.4. The Kier molecular flexibility index (Phi) is 6.51. The van der Waals surface area contributed by atoms with Crippen molar-refractivity contribution in [3.8, 4) is 0 Å². The number of ether oxygens (including phenoxy) is 1. The molecule has 6 nitrogen and oxygen atoms in total. The topological polar surface area (TPSA) is 84.5 Å². The summed E-state index contributed by atoms with van der Waals surface area (Å²) >= 11 is 0. The molecular formula is C12H24N2O4S. The summed E-state index contributed by atoms with van der Waals surface area (Å²) < 4.78 is 30.5. The van der Waals surface area contributed by atoms with Crippen molar-refractivity contribution in [3.63, 3.8) is 0 Å². The molecule has 0 aliphatic rings. The van der Waals surface area contributed by atoms with Gasteiger partial charge in [-0.25, -0.2) is 17.9 Å². The predicted octanol–water partition coefficient (Wildman–Crippen LogP) is 1.74. The van der Waals surface area contributed by atoms with Crippen LogP contribution in [0.4, 0.5) is 4.79 Å². The van der Waals surface area contributed by atoms with E-state index in [2.05, 4.69) is 10.0 Å². The first kappa shape index (κ1) is 17.9. The maximum absolute atomic E-state index is 11.5. The van der Waals surface area contributed by atoms with Gasteiger partial charge in [0.15, 0.2) is 0 Å². The van der Waals surface area contributed by atoms with E-state index in [0.717, 1.165) is 5.41 Å². The highest BCUT2D eigenvalue weighted by molar-refractivity contribution is 7.92. The molecule has 112 valence electrons. The molecule has 0 aromatic rings. The third kappa shape index (κ3) is 10.5. The molecule has 0 rings (SSSR count). The number of amides is 1. The van der Waals surface area contributed by atoms with Gasteiger partial charge in [0.2, 0.25) is 10.0 Å². The van der Waals surface area contributed by atoms with Gasteiger partial charge in [-0.15, -0.1) is 0 Å². The SMILES string of the molecule is CC(C)NS(=O)(=O)/C=C/C(C)NC(=O)OC(C)(C)C. The monoisotopic (exact) mass is 292 g/mol. The molecule has 19 heavy (non-hydrogen) atoms. The molecule has 0 spiro atoms. The van der Waals surface area contributed by atoms with Crippen molar-refractivity contribution >= 4 is 16.1 Å². The van der Waals surface area contributed by atoms with E-state index in [1.165, 1.54) is 6.08 Å². The Morgan fingerprint density at radius 3 is 2.16 bits per heavy atom. The van der Waals surface area contributed by atoms with Crippen LogP contribution < -0.4 is 10.0 Å². The Bertz CT molecular complexity index is 422. The van der Waals surface area contributed by atoms with Crippen LogP contribution in [0, 0.1) is 0 Å². The van der Waals surface area contributed by atoms with Crippen LogP contribution in [-0.2, 0) is 14.8 Å². The Labute approximate surface area is 115 Å². The number of carbonyl (C=O) groups is 1. The number of hydrogen-bond acceptors (Lipinski definition) is 4. The second kappa shape index (κ2) is 6.91. The van der Waals surface area contributed by atoms with Crippen molar-refractivity contribution in [1.82, 2.24) is 10.0 Å². The lowest BCUT2D eigenvalue weighted by Gasteiger charge is -2.21. The van der Waals surface area contributed by atoms with Crippen LogP contribution in [0.1, 0.15) is 41.5 Å². The van der Waals surface area contributed by atoms with Gasteiger partial charge >= 0.3 is 6.09 Å². The van der Waals surface area contributed by atoms with E-state index >= 15 is 0 Å². The first-order chi connectivity index (χ1) is 8.41. The zero-order valence-corrected chi connectivity index (χ0v) is 13.2.